The van der Waals surface area contributed by atoms with Gasteiger partial charge in [0, 0.05) is 18.6 Å². The average molecular weight is 245 g/mol. The quantitative estimate of drug-likeness (QED) is 0.749. The van der Waals surface area contributed by atoms with Crippen molar-refractivity contribution in [1.82, 2.24) is 0 Å². The topological polar surface area (TPSA) is 55.5 Å². The minimum absolute atomic E-state index is 0.156. The third-order valence-electron chi connectivity index (χ3n) is 4.16. The summed E-state index contributed by atoms with van der Waals surface area (Å²) in [6.07, 6.45) is 1.36. The minimum atomic E-state index is -1.68. The van der Waals surface area contributed by atoms with E-state index < -0.39 is 8.32 Å². The molecule has 0 saturated heterocycles. The maximum atomic E-state index is 9.81. The van der Waals surface area contributed by atoms with E-state index in [1.807, 2.05) is 0 Å². The molecule has 1 fully saturated rings. The van der Waals surface area contributed by atoms with E-state index in [0.29, 0.717) is 6.61 Å². The molecule has 3 atom stereocenters. The van der Waals surface area contributed by atoms with Crippen LogP contribution in [0.4, 0.5) is 0 Å². The Bertz CT molecular complexity index is 238. The van der Waals surface area contributed by atoms with Gasteiger partial charge in [0.15, 0.2) is 8.32 Å². The standard InChI is InChI=1S/C12H27NO2Si/c1-12(2,3)16(4,5)15-8-9-6-10(13)7-11(9)14/h9-11,14H,6-8,13H2,1-5H3/t9-,10-,11+/m1/s1. The maximum Gasteiger partial charge on any atom is 0.191 e. The highest BCUT2D eigenvalue weighted by Crippen LogP contribution is 2.37. The Hall–Kier alpha value is 0.0969. The zero-order valence-electron chi connectivity index (χ0n) is 11.3. The average Bonchev–Trinajstić information content (AvgIpc) is 2.39. The van der Waals surface area contributed by atoms with Crippen molar-refractivity contribution in [2.45, 2.75) is 63.9 Å². The lowest BCUT2D eigenvalue weighted by molar-refractivity contribution is 0.0938. The molecule has 0 radical (unpaired) electrons. The summed E-state index contributed by atoms with van der Waals surface area (Å²) in [5.74, 6) is 0.240. The molecule has 3 nitrogen and oxygen atoms in total. The first kappa shape index (κ1) is 14.2. The molecule has 1 rings (SSSR count). The monoisotopic (exact) mass is 245 g/mol. The van der Waals surface area contributed by atoms with E-state index in [1.165, 1.54) is 0 Å². The van der Waals surface area contributed by atoms with Gasteiger partial charge in [0.1, 0.15) is 0 Å². The number of aliphatic hydroxyl groups is 1. The van der Waals surface area contributed by atoms with Crippen LogP contribution in [0.15, 0.2) is 0 Å². The Morgan fingerprint density at radius 3 is 2.25 bits per heavy atom. The molecule has 0 amide bonds. The molecule has 0 unspecified atom stereocenters. The summed E-state index contributed by atoms with van der Waals surface area (Å²) in [7, 11) is -1.68. The van der Waals surface area contributed by atoms with Gasteiger partial charge in [-0.1, -0.05) is 20.8 Å². The van der Waals surface area contributed by atoms with Crippen molar-refractivity contribution in [3.63, 3.8) is 0 Å². The zero-order valence-corrected chi connectivity index (χ0v) is 12.3. The van der Waals surface area contributed by atoms with Crippen molar-refractivity contribution in [2.75, 3.05) is 6.61 Å². The highest BCUT2D eigenvalue weighted by molar-refractivity contribution is 6.74. The summed E-state index contributed by atoms with van der Waals surface area (Å²) in [5.41, 5.74) is 5.84. The van der Waals surface area contributed by atoms with Gasteiger partial charge in [0.25, 0.3) is 0 Å². The normalized spacial score (nSPS) is 32.1. The van der Waals surface area contributed by atoms with Gasteiger partial charge < -0.3 is 15.3 Å². The first-order valence-electron chi connectivity index (χ1n) is 6.21. The molecule has 1 saturated carbocycles. The molecular weight excluding hydrogens is 218 g/mol. The SMILES string of the molecule is CC(C)(C)[Si](C)(C)OC[C@H]1C[C@@H](N)C[C@@H]1O. The third-order valence-corrected chi connectivity index (χ3v) is 8.66. The molecule has 0 aromatic carbocycles. The van der Waals surface area contributed by atoms with Crippen LogP contribution in [0.1, 0.15) is 33.6 Å². The van der Waals surface area contributed by atoms with Crippen molar-refractivity contribution < 1.29 is 9.53 Å². The van der Waals surface area contributed by atoms with E-state index in [4.69, 9.17) is 10.2 Å². The summed E-state index contributed by atoms with van der Waals surface area (Å²) in [4.78, 5) is 0. The highest BCUT2D eigenvalue weighted by atomic mass is 28.4. The summed E-state index contributed by atoms with van der Waals surface area (Å²) < 4.78 is 6.12. The molecule has 0 aromatic rings. The maximum absolute atomic E-state index is 9.81. The van der Waals surface area contributed by atoms with Crippen LogP contribution in [-0.2, 0) is 4.43 Å². The minimum Gasteiger partial charge on any atom is -0.416 e. The fraction of sp³-hybridized carbons (Fsp3) is 1.00. The van der Waals surface area contributed by atoms with Crippen LogP contribution in [0.2, 0.25) is 18.1 Å². The van der Waals surface area contributed by atoms with Gasteiger partial charge in [0.2, 0.25) is 0 Å². The van der Waals surface area contributed by atoms with Crippen LogP contribution < -0.4 is 5.73 Å². The van der Waals surface area contributed by atoms with Crippen LogP contribution in [0.3, 0.4) is 0 Å². The van der Waals surface area contributed by atoms with E-state index in [0.717, 1.165) is 12.8 Å². The predicted octanol–water partition coefficient (Wildman–Crippen LogP) is 2.11. The Balaban J connectivity index is 2.46. The van der Waals surface area contributed by atoms with Crippen LogP contribution in [0.25, 0.3) is 0 Å². The molecule has 96 valence electrons. The zero-order chi connectivity index (χ0) is 12.6. The number of rotatable bonds is 3. The highest BCUT2D eigenvalue weighted by Gasteiger charge is 2.39. The van der Waals surface area contributed by atoms with E-state index in [9.17, 15) is 5.11 Å². The van der Waals surface area contributed by atoms with Crippen molar-refractivity contribution in [2.24, 2.45) is 11.7 Å². The lowest BCUT2D eigenvalue weighted by atomic mass is 10.1. The second kappa shape index (κ2) is 4.76. The largest absolute Gasteiger partial charge is 0.416 e. The Morgan fingerprint density at radius 1 is 1.31 bits per heavy atom. The molecule has 0 spiro atoms. The first-order chi connectivity index (χ1) is 7.13. The van der Waals surface area contributed by atoms with E-state index >= 15 is 0 Å². The molecule has 16 heavy (non-hydrogen) atoms. The Kier molecular flexibility index (Phi) is 4.22. The number of hydrogen-bond acceptors (Lipinski definition) is 3. The van der Waals surface area contributed by atoms with E-state index in [-0.39, 0.29) is 23.1 Å². The Labute approximate surface area is 100 Å². The molecule has 1 aliphatic rings. The molecule has 4 heteroatoms. The predicted molar refractivity (Wildman–Crippen MR) is 69.9 cm³/mol. The van der Waals surface area contributed by atoms with Gasteiger partial charge in [-0.3, -0.25) is 0 Å². The van der Waals surface area contributed by atoms with Crippen LogP contribution in [0, 0.1) is 5.92 Å². The van der Waals surface area contributed by atoms with E-state index in [1.54, 1.807) is 0 Å². The van der Waals surface area contributed by atoms with Crippen molar-refractivity contribution in [3.05, 3.63) is 0 Å². The number of nitrogens with two attached hydrogens (primary N) is 1. The number of aliphatic hydroxyl groups excluding tert-OH is 1. The summed E-state index contributed by atoms with van der Waals surface area (Å²) in [6.45, 7) is 11.9. The van der Waals surface area contributed by atoms with Crippen molar-refractivity contribution in [3.8, 4) is 0 Å². The van der Waals surface area contributed by atoms with E-state index in [2.05, 4.69) is 33.9 Å². The van der Waals surface area contributed by atoms with Gasteiger partial charge >= 0.3 is 0 Å². The molecule has 0 heterocycles. The van der Waals surface area contributed by atoms with Crippen LogP contribution in [-0.4, -0.2) is 32.2 Å². The summed E-state index contributed by atoms with van der Waals surface area (Å²) >= 11 is 0. The van der Waals surface area contributed by atoms with Gasteiger partial charge in [-0.15, -0.1) is 0 Å². The molecule has 0 bridgehead atoms. The third kappa shape index (κ3) is 3.29. The second-order valence-electron chi connectivity index (χ2n) is 6.63. The lowest BCUT2D eigenvalue weighted by Gasteiger charge is -2.37. The molecule has 3 N–H and O–H groups in total. The first-order valence-corrected chi connectivity index (χ1v) is 9.12. The van der Waals surface area contributed by atoms with Gasteiger partial charge in [-0.25, -0.2) is 0 Å². The molecular formula is C12H27NO2Si. The lowest BCUT2D eigenvalue weighted by Crippen LogP contribution is -2.42. The van der Waals surface area contributed by atoms with Gasteiger partial charge in [-0.2, -0.15) is 0 Å². The number of hydrogen-bond donors (Lipinski definition) is 2. The second-order valence-corrected chi connectivity index (χ2v) is 11.4. The van der Waals surface area contributed by atoms with Crippen LogP contribution in [0.5, 0.6) is 0 Å². The fourth-order valence-electron chi connectivity index (χ4n) is 1.86. The molecule has 0 aliphatic heterocycles. The Morgan fingerprint density at radius 2 is 1.88 bits per heavy atom. The van der Waals surface area contributed by atoms with Gasteiger partial charge in [-0.05, 0) is 31.0 Å². The van der Waals surface area contributed by atoms with Gasteiger partial charge in [0.05, 0.1) is 6.10 Å². The fourth-order valence-corrected chi connectivity index (χ4v) is 2.92. The summed E-state index contributed by atoms with van der Waals surface area (Å²) in [5, 5.41) is 10.0. The summed E-state index contributed by atoms with van der Waals surface area (Å²) in [6, 6.07) is 0.156. The molecule has 1 aliphatic carbocycles. The van der Waals surface area contributed by atoms with Crippen molar-refractivity contribution >= 4 is 8.32 Å². The molecule has 0 aromatic heterocycles. The van der Waals surface area contributed by atoms with Crippen molar-refractivity contribution in [1.29, 1.82) is 0 Å². The van der Waals surface area contributed by atoms with Crippen LogP contribution >= 0.6 is 0 Å². The smallest absolute Gasteiger partial charge is 0.191 e.